The number of H-pyrrole nitrogens is 1. The Balaban J connectivity index is 1.68. The van der Waals surface area contributed by atoms with Gasteiger partial charge in [0.2, 0.25) is 0 Å². The van der Waals surface area contributed by atoms with Gasteiger partial charge < -0.3 is 5.32 Å². The van der Waals surface area contributed by atoms with E-state index in [0.29, 0.717) is 18.7 Å². The third-order valence-electron chi connectivity index (χ3n) is 4.72. The van der Waals surface area contributed by atoms with Crippen LogP contribution < -0.4 is 11.0 Å². The lowest BCUT2D eigenvalue weighted by Gasteiger charge is -2.10. The van der Waals surface area contributed by atoms with Crippen molar-refractivity contribution >= 4 is 27.9 Å². The summed E-state index contributed by atoms with van der Waals surface area (Å²) in [6.07, 6.45) is 1.92. The molecule has 0 saturated heterocycles. The predicted octanol–water partition coefficient (Wildman–Crippen LogP) is 2.26. The topological polar surface area (TPSA) is 92.9 Å². The molecular weight excluding hydrogens is 374 g/mol. The average Bonchev–Trinajstić information content (AvgIpc) is 3.44. The maximum absolute atomic E-state index is 12.3. The number of aromatic nitrogens is 6. The van der Waals surface area contributed by atoms with Crippen molar-refractivity contribution in [3.05, 3.63) is 69.0 Å². The number of hydrogen-bond donors (Lipinski definition) is 2. The number of nitrogens with one attached hydrogen (secondary N) is 2. The molecule has 0 radical (unpaired) electrons. The largest absolute Gasteiger partial charge is 0.348 e. The molecule has 4 heterocycles. The van der Waals surface area contributed by atoms with Crippen LogP contribution in [-0.4, -0.2) is 36.6 Å². The lowest BCUT2D eigenvalue weighted by Crippen LogP contribution is -2.11. The molecule has 0 unspecified atom stereocenters. The molecule has 140 valence electrons. The molecule has 0 aliphatic rings. The van der Waals surface area contributed by atoms with Crippen LogP contribution >= 0.6 is 11.3 Å². The van der Waals surface area contributed by atoms with Gasteiger partial charge in [-0.3, -0.25) is 0 Å². The zero-order chi connectivity index (χ0) is 19.1. The normalized spacial score (nSPS) is 11.6. The Labute approximate surface area is 163 Å². The standard InChI is InChI=1S/C19H17N7OS/c1-20-8-15-10-25(24-21-15)9-14-7-18-22-23-19(27)26(18)17-6-12(2-3-16(14)17)13-4-5-28-11-13/h2-7,10-11,20H,8-9H2,1H3,(H,23,27). The van der Waals surface area contributed by atoms with Crippen molar-refractivity contribution in [3.63, 3.8) is 0 Å². The van der Waals surface area contributed by atoms with Crippen LogP contribution in [0.2, 0.25) is 0 Å². The summed E-state index contributed by atoms with van der Waals surface area (Å²) in [5, 5.41) is 23.3. The van der Waals surface area contributed by atoms with Crippen molar-refractivity contribution in [2.24, 2.45) is 0 Å². The Morgan fingerprint density at radius 1 is 1.21 bits per heavy atom. The second-order valence-corrected chi connectivity index (χ2v) is 7.35. The van der Waals surface area contributed by atoms with Gasteiger partial charge in [-0.2, -0.15) is 16.4 Å². The number of rotatable bonds is 5. The Hall–Kier alpha value is -3.30. The molecule has 28 heavy (non-hydrogen) atoms. The molecule has 1 aromatic carbocycles. The Bertz CT molecular complexity index is 1330. The summed E-state index contributed by atoms with van der Waals surface area (Å²) in [4.78, 5) is 12.3. The summed E-state index contributed by atoms with van der Waals surface area (Å²) in [6.45, 7) is 1.21. The predicted molar refractivity (Wildman–Crippen MR) is 109 cm³/mol. The minimum atomic E-state index is -0.244. The number of benzene rings is 1. The monoisotopic (exact) mass is 391 g/mol. The highest BCUT2D eigenvalue weighted by Crippen LogP contribution is 2.28. The number of nitrogens with zero attached hydrogens (tertiary/aromatic N) is 5. The number of hydrogen-bond acceptors (Lipinski definition) is 6. The smallest absolute Gasteiger partial charge is 0.314 e. The van der Waals surface area contributed by atoms with Gasteiger partial charge in [0, 0.05) is 11.9 Å². The molecule has 0 aliphatic carbocycles. The maximum atomic E-state index is 12.3. The summed E-state index contributed by atoms with van der Waals surface area (Å²) in [7, 11) is 1.88. The van der Waals surface area contributed by atoms with Gasteiger partial charge >= 0.3 is 5.69 Å². The number of pyridine rings is 1. The molecule has 4 aromatic heterocycles. The van der Waals surface area contributed by atoms with E-state index in [2.05, 4.69) is 49.4 Å². The second-order valence-electron chi connectivity index (χ2n) is 6.57. The minimum absolute atomic E-state index is 0.244. The molecule has 0 spiro atoms. The molecule has 0 saturated carbocycles. The van der Waals surface area contributed by atoms with E-state index in [9.17, 15) is 4.79 Å². The number of thiophene rings is 1. The van der Waals surface area contributed by atoms with E-state index in [4.69, 9.17) is 0 Å². The molecule has 0 atom stereocenters. The molecule has 5 rings (SSSR count). The molecule has 0 aliphatic heterocycles. The Kier molecular flexibility index (Phi) is 4.03. The highest BCUT2D eigenvalue weighted by atomic mass is 32.1. The van der Waals surface area contributed by atoms with E-state index >= 15 is 0 Å². The van der Waals surface area contributed by atoms with Crippen LogP contribution in [0.15, 0.2) is 52.1 Å². The average molecular weight is 391 g/mol. The molecule has 0 bridgehead atoms. The van der Waals surface area contributed by atoms with Gasteiger partial charge in [0.25, 0.3) is 0 Å². The second kappa shape index (κ2) is 6.70. The van der Waals surface area contributed by atoms with Crippen LogP contribution in [0.5, 0.6) is 0 Å². The van der Waals surface area contributed by atoms with Gasteiger partial charge in [-0.1, -0.05) is 17.3 Å². The highest BCUT2D eigenvalue weighted by molar-refractivity contribution is 7.08. The zero-order valence-corrected chi connectivity index (χ0v) is 15.9. The molecule has 8 nitrogen and oxygen atoms in total. The molecule has 5 aromatic rings. The fourth-order valence-corrected chi connectivity index (χ4v) is 4.12. The Morgan fingerprint density at radius 3 is 2.96 bits per heavy atom. The maximum Gasteiger partial charge on any atom is 0.348 e. The summed E-state index contributed by atoms with van der Waals surface area (Å²) in [6, 6.07) is 10.2. The lowest BCUT2D eigenvalue weighted by atomic mass is 10.0. The van der Waals surface area contributed by atoms with Crippen molar-refractivity contribution in [1.82, 2.24) is 34.9 Å². The van der Waals surface area contributed by atoms with Gasteiger partial charge in [-0.15, -0.1) is 5.10 Å². The highest BCUT2D eigenvalue weighted by Gasteiger charge is 2.13. The van der Waals surface area contributed by atoms with Crippen LogP contribution in [0.3, 0.4) is 0 Å². The van der Waals surface area contributed by atoms with Crippen LogP contribution in [0.1, 0.15) is 11.3 Å². The van der Waals surface area contributed by atoms with Crippen molar-refractivity contribution < 1.29 is 0 Å². The lowest BCUT2D eigenvalue weighted by molar-refractivity contribution is 0.651. The summed E-state index contributed by atoms with van der Waals surface area (Å²) < 4.78 is 3.41. The van der Waals surface area contributed by atoms with Crippen LogP contribution in [0, 0.1) is 0 Å². The van der Waals surface area contributed by atoms with E-state index in [-0.39, 0.29) is 5.69 Å². The van der Waals surface area contributed by atoms with Crippen LogP contribution in [0.25, 0.3) is 27.7 Å². The van der Waals surface area contributed by atoms with Crippen LogP contribution in [-0.2, 0) is 13.1 Å². The first-order valence-electron chi connectivity index (χ1n) is 8.82. The van der Waals surface area contributed by atoms with Crippen LogP contribution in [0.4, 0.5) is 0 Å². The molecular formula is C19H17N7OS. The number of aromatic amines is 1. The van der Waals surface area contributed by atoms with Gasteiger partial charge in [0.1, 0.15) is 0 Å². The minimum Gasteiger partial charge on any atom is -0.314 e. The van der Waals surface area contributed by atoms with E-state index in [1.165, 1.54) is 0 Å². The van der Waals surface area contributed by atoms with Gasteiger partial charge in [-0.05, 0) is 52.7 Å². The first-order chi connectivity index (χ1) is 13.7. The first-order valence-corrected chi connectivity index (χ1v) is 9.76. The zero-order valence-electron chi connectivity index (χ0n) is 15.1. The molecule has 2 N–H and O–H groups in total. The summed E-state index contributed by atoms with van der Waals surface area (Å²) in [5.74, 6) is 0. The van der Waals surface area contributed by atoms with Gasteiger partial charge in [-0.25, -0.2) is 19.0 Å². The quantitative estimate of drug-likeness (QED) is 0.479. The number of fused-ring (bicyclic) bond motifs is 3. The van der Waals surface area contributed by atoms with Crippen molar-refractivity contribution in [2.45, 2.75) is 13.1 Å². The molecule has 9 heteroatoms. The van der Waals surface area contributed by atoms with E-state index in [0.717, 1.165) is 33.3 Å². The summed E-state index contributed by atoms with van der Waals surface area (Å²) >= 11 is 1.65. The van der Waals surface area contributed by atoms with E-state index < -0.39 is 0 Å². The van der Waals surface area contributed by atoms with Gasteiger partial charge in [0.05, 0.1) is 24.0 Å². The molecule has 0 amide bonds. The van der Waals surface area contributed by atoms with E-state index in [1.54, 1.807) is 20.4 Å². The Morgan fingerprint density at radius 2 is 2.14 bits per heavy atom. The first kappa shape index (κ1) is 16.8. The molecule has 0 fully saturated rings. The van der Waals surface area contributed by atoms with E-state index in [1.807, 2.05) is 30.8 Å². The SMILES string of the molecule is CNCc1cn(Cc2cc3n[nH]c(=O)n3c3cc(-c4ccsc4)ccc23)nn1. The fourth-order valence-electron chi connectivity index (χ4n) is 3.45. The fraction of sp³-hybridized carbons (Fsp3) is 0.158. The van der Waals surface area contributed by atoms with Crippen molar-refractivity contribution in [2.75, 3.05) is 7.05 Å². The third kappa shape index (κ3) is 2.81. The van der Waals surface area contributed by atoms with Gasteiger partial charge in [0.15, 0.2) is 5.65 Å². The third-order valence-corrected chi connectivity index (χ3v) is 5.40. The van der Waals surface area contributed by atoms with Crippen molar-refractivity contribution in [3.8, 4) is 11.1 Å². The summed E-state index contributed by atoms with van der Waals surface area (Å²) in [5.41, 5.74) is 5.28. The van der Waals surface area contributed by atoms with Crippen molar-refractivity contribution in [1.29, 1.82) is 0 Å².